The largest absolute Gasteiger partial charge is 0.450 e. The Morgan fingerprint density at radius 1 is 1.00 bits per heavy atom. The summed E-state index contributed by atoms with van der Waals surface area (Å²) < 4.78 is 5.05. The topological polar surface area (TPSA) is 49.9 Å². The first-order chi connectivity index (χ1) is 11.8. The second-order valence-electron chi connectivity index (χ2n) is 7.54. The van der Waals surface area contributed by atoms with Crippen LogP contribution in [0.15, 0.2) is 24.3 Å². The van der Waals surface area contributed by atoms with E-state index in [1.165, 1.54) is 5.56 Å². The normalized spacial score (nSPS) is 15.7. The van der Waals surface area contributed by atoms with Crippen molar-refractivity contribution in [3.63, 3.8) is 0 Å². The minimum Gasteiger partial charge on any atom is -0.450 e. The van der Waals surface area contributed by atoms with Gasteiger partial charge in [0.05, 0.1) is 13.0 Å². The SMILES string of the molecule is CCOC(=O)N1CCCN(C(=O)Cc2ccc(C(C)(C)C)cc2)CC1. The molecule has 1 aliphatic rings. The molecule has 2 rings (SSSR count). The highest BCUT2D eigenvalue weighted by molar-refractivity contribution is 5.79. The van der Waals surface area contributed by atoms with E-state index >= 15 is 0 Å². The van der Waals surface area contributed by atoms with Gasteiger partial charge in [-0.1, -0.05) is 45.0 Å². The first-order valence-corrected chi connectivity index (χ1v) is 9.10. The van der Waals surface area contributed by atoms with E-state index in [-0.39, 0.29) is 17.4 Å². The highest BCUT2D eigenvalue weighted by atomic mass is 16.6. The molecule has 1 heterocycles. The molecule has 0 bridgehead atoms. The maximum atomic E-state index is 12.6. The Labute approximate surface area is 150 Å². The molecule has 0 atom stereocenters. The summed E-state index contributed by atoms with van der Waals surface area (Å²) in [5.74, 6) is 0.120. The first kappa shape index (κ1) is 19.3. The monoisotopic (exact) mass is 346 g/mol. The quantitative estimate of drug-likeness (QED) is 0.844. The Morgan fingerprint density at radius 2 is 1.60 bits per heavy atom. The summed E-state index contributed by atoms with van der Waals surface area (Å²) in [6.07, 6.45) is 0.909. The molecule has 1 aromatic rings. The lowest BCUT2D eigenvalue weighted by atomic mass is 9.86. The number of carbonyl (C=O) groups excluding carboxylic acids is 2. The van der Waals surface area contributed by atoms with Gasteiger partial charge in [-0.3, -0.25) is 4.79 Å². The van der Waals surface area contributed by atoms with Crippen LogP contribution in [0.5, 0.6) is 0 Å². The van der Waals surface area contributed by atoms with Gasteiger partial charge in [0.25, 0.3) is 0 Å². The molecule has 1 fully saturated rings. The number of amides is 2. The molecule has 0 aromatic heterocycles. The second kappa shape index (κ2) is 8.37. The lowest BCUT2D eigenvalue weighted by Gasteiger charge is -2.22. The van der Waals surface area contributed by atoms with Crippen molar-refractivity contribution in [2.75, 3.05) is 32.8 Å². The average Bonchev–Trinajstić information content (AvgIpc) is 2.81. The third-order valence-electron chi connectivity index (χ3n) is 4.55. The minimum absolute atomic E-state index is 0.115. The number of hydrogen-bond acceptors (Lipinski definition) is 3. The fraction of sp³-hybridized carbons (Fsp3) is 0.600. The van der Waals surface area contributed by atoms with Crippen molar-refractivity contribution < 1.29 is 14.3 Å². The Balaban J connectivity index is 1.91. The molecule has 0 N–H and O–H groups in total. The third-order valence-corrected chi connectivity index (χ3v) is 4.55. The van der Waals surface area contributed by atoms with Crippen LogP contribution in [0.25, 0.3) is 0 Å². The van der Waals surface area contributed by atoms with Crippen molar-refractivity contribution in [2.24, 2.45) is 0 Å². The predicted molar refractivity (Wildman–Crippen MR) is 98.6 cm³/mol. The van der Waals surface area contributed by atoms with E-state index in [1.54, 1.807) is 11.8 Å². The maximum absolute atomic E-state index is 12.6. The Bertz CT molecular complexity index is 590. The molecule has 5 nitrogen and oxygen atoms in total. The van der Waals surface area contributed by atoms with Crippen LogP contribution in [0.3, 0.4) is 0 Å². The summed E-state index contributed by atoms with van der Waals surface area (Å²) in [6, 6.07) is 8.30. The van der Waals surface area contributed by atoms with Crippen LogP contribution in [0.1, 0.15) is 45.2 Å². The molecular weight excluding hydrogens is 316 g/mol. The molecule has 0 aliphatic carbocycles. The molecule has 5 heteroatoms. The average molecular weight is 346 g/mol. The minimum atomic E-state index is -0.283. The highest BCUT2D eigenvalue weighted by Crippen LogP contribution is 2.22. The van der Waals surface area contributed by atoms with Crippen LogP contribution in [-0.4, -0.2) is 54.6 Å². The Morgan fingerprint density at radius 3 is 2.20 bits per heavy atom. The van der Waals surface area contributed by atoms with Gasteiger partial charge in [0.2, 0.25) is 5.91 Å². The van der Waals surface area contributed by atoms with Crippen molar-refractivity contribution in [3.8, 4) is 0 Å². The summed E-state index contributed by atoms with van der Waals surface area (Å²) in [4.78, 5) is 28.0. The van der Waals surface area contributed by atoms with Gasteiger partial charge >= 0.3 is 6.09 Å². The Hall–Kier alpha value is -2.04. The van der Waals surface area contributed by atoms with Crippen molar-refractivity contribution >= 4 is 12.0 Å². The van der Waals surface area contributed by atoms with Crippen LogP contribution in [0.4, 0.5) is 4.79 Å². The zero-order valence-corrected chi connectivity index (χ0v) is 15.9. The summed E-state index contributed by atoms with van der Waals surface area (Å²) in [5, 5.41) is 0. The third kappa shape index (κ3) is 5.48. The molecule has 138 valence electrons. The molecule has 0 spiro atoms. The van der Waals surface area contributed by atoms with E-state index in [4.69, 9.17) is 4.74 Å². The molecular formula is C20H30N2O3. The fourth-order valence-electron chi connectivity index (χ4n) is 2.97. The number of ether oxygens (including phenoxy) is 1. The summed E-state index contributed by atoms with van der Waals surface area (Å²) in [7, 11) is 0. The summed E-state index contributed by atoms with van der Waals surface area (Å²) in [5.41, 5.74) is 2.41. The molecule has 25 heavy (non-hydrogen) atoms. The molecule has 0 radical (unpaired) electrons. The van der Waals surface area contributed by atoms with Gasteiger partial charge in [-0.05, 0) is 29.9 Å². The van der Waals surface area contributed by atoms with Gasteiger partial charge < -0.3 is 14.5 Å². The van der Waals surface area contributed by atoms with E-state index in [0.717, 1.165) is 12.0 Å². The van der Waals surface area contributed by atoms with E-state index < -0.39 is 0 Å². The number of carbonyl (C=O) groups is 2. The van der Waals surface area contributed by atoms with Gasteiger partial charge in [0, 0.05) is 26.2 Å². The second-order valence-corrected chi connectivity index (χ2v) is 7.54. The zero-order valence-electron chi connectivity index (χ0n) is 15.9. The van der Waals surface area contributed by atoms with E-state index in [0.29, 0.717) is 39.2 Å². The lowest BCUT2D eigenvalue weighted by molar-refractivity contribution is -0.130. The highest BCUT2D eigenvalue weighted by Gasteiger charge is 2.22. The summed E-state index contributed by atoms with van der Waals surface area (Å²) >= 11 is 0. The molecule has 1 saturated heterocycles. The number of rotatable bonds is 3. The van der Waals surface area contributed by atoms with Crippen molar-refractivity contribution in [2.45, 2.75) is 46.0 Å². The van der Waals surface area contributed by atoms with Crippen molar-refractivity contribution in [1.29, 1.82) is 0 Å². The Kier molecular flexibility index (Phi) is 6.45. The van der Waals surface area contributed by atoms with E-state index in [2.05, 4.69) is 32.9 Å². The van der Waals surface area contributed by atoms with Gasteiger partial charge in [-0.2, -0.15) is 0 Å². The summed E-state index contributed by atoms with van der Waals surface area (Å²) in [6.45, 7) is 11.2. The van der Waals surface area contributed by atoms with Crippen LogP contribution in [-0.2, 0) is 21.4 Å². The van der Waals surface area contributed by atoms with E-state index in [9.17, 15) is 9.59 Å². The van der Waals surface area contributed by atoms with Crippen LogP contribution < -0.4 is 0 Å². The molecule has 1 aromatic carbocycles. The molecule has 1 aliphatic heterocycles. The van der Waals surface area contributed by atoms with Crippen molar-refractivity contribution in [3.05, 3.63) is 35.4 Å². The smallest absolute Gasteiger partial charge is 0.409 e. The predicted octanol–water partition coefficient (Wildman–Crippen LogP) is 3.22. The molecule has 0 saturated carbocycles. The maximum Gasteiger partial charge on any atom is 0.409 e. The van der Waals surface area contributed by atoms with Gasteiger partial charge in [0.15, 0.2) is 0 Å². The first-order valence-electron chi connectivity index (χ1n) is 9.10. The van der Waals surface area contributed by atoms with Gasteiger partial charge in [-0.15, -0.1) is 0 Å². The van der Waals surface area contributed by atoms with Crippen molar-refractivity contribution in [1.82, 2.24) is 9.80 Å². The zero-order chi connectivity index (χ0) is 18.4. The number of hydrogen-bond donors (Lipinski definition) is 0. The lowest BCUT2D eigenvalue weighted by Crippen LogP contribution is -2.38. The van der Waals surface area contributed by atoms with Crippen LogP contribution >= 0.6 is 0 Å². The standard InChI is InChI=1S/C20H30N2O3/c1-5-25-19(24)22-12-6-11-21(13-14-22)18(23)15-16-7-9-17(10-8-16)20(2,3)4/h7-10H,5-6,11-15H2,1-4H3. The number of benzene rings is 1. The van der Waals surface area contributed by atoms with E-state index in [1.807, 2.05) is 17.0 Å². The van der Waals surface area contributed by atoms with Crippen LogP contribution in [0, 0.1) is 0 Å². The van der Waals surface area contributed by atoms with Gasteiger partial charge in [-0.25, -0.2) is 4.79 Å². The van der Waals surface area contributed by atoms with Crippen LogP contribution in [0.2, 0.25) is 0 Å². The fourth-order valence-corrected chi connectivity index (χ4v) is 2.97. The molecule has 0 unspecified atom stereocenters. The number of nitrogens with zero attached hydrogens (tertiary/aromatic N) is 2. The van der Waals surface area contributed by atoms with Gasteiger partial charge in [0.1, 0.15) is 0 Å². The molecule has 2 amide bonds.